The fraction of sp³-hybridized carbons (Fsp3) is 0.381. The second kappa shape index (κ2) is 8.66. The highest BCUT2D eigenvalue weighted by molar-refractivity contribution is 5.94. The van der Waals surface area contributed by atoms with E-state index in [9.17, 15) is 4.79 Å². The first-order valence-corrected chi connectivity index (χ1v) is 9.04. The summed E-state index contributed by atoms with van der Waals surface area (Å²) in [6, 6.07) is 10.8. The number of nitrogens with one attached hydrogen (secondary N) is 1. The van der Waals surface area contributed by atoms with Gasteiger partial charge in [-0.25, -0.2) is 0 Å². The molecule has 27 heavy (non-hydrogen) atoms. The third-order valence-corrected chi connectivity index (χ3v) is 4.27. The number of carbonyl (C=O) groups excluding carboxylic acids is 1. The van der Waals surface area contributed by atoms with Gasteiger partial charge in [-0.15, -0.1) is 0 Å². The van der Waals surface area contributed by atoms with Crippen molar-refractivity contribution in [1.29, 1.82) is 0 Å². The smallest absolute Gasteiger partial charge is 0.251 e. The minimum atomic E-state index is -0.181. The minimum Gasteiger partial charge on any atom is -0.493 e. The van der Waals surface area contributed by atoms with Gasteiger partial charge in [0.2, 0.25) is 6.79 Å². The average Bonchev–Trinajstić information content (AvgIpc) is 3.13. The van der Waals surface area contributed by atoms with E-state index in [0.717, 1.165) is 17.7 Å². The molecule has 1 amide bonds. The summed E-state index contributed by atoms with van der Waals surface area (Å²) in [6.07, 6.45) is 0.959. The van der Waals surface area contributed by atoms with Crippen LogP contribution in [0, 0.1) is 5.92 Å². The van der Waals surface area contributed by atoms with Crippen LogP contribution in [0.5, 0.6) is 23.0 Å². The number of rotatable bonds is 8. The molecule has 2 aromatic carbocycles. The third kappa shape index (κ3) is 4.84. The monoisotopic (exact) mass is 371 g/mol. The Morgan fingerprint density at radius 3 is 2.70 bits per heavy atom. The Bertz CT molecular complexity index is 803. The maximum Gasteiger partial charge on any atom is 0.251 e. The van der Waals surface area contributed by atoms with Gasteiger partial charge < -0.3 is 24.3 Å². The van der Waals surface area contributed by atoms with Gasteiger partial charge in [0.05, 0.1) is 13.7 Å². The van der Waals surface area contributed by atoms with Gasteiger partial charge in [0.1, 0.15) is 0 Å². The number of carbonyl (C=O) groups is 1. The standard InChI is InChI=1S/C21H25NO5/c1-14(2)8-9-25-17-7-5-16(11-19(17)24-3)21(23)22-12-15-4-6-18-20(10-15)27-13-26-18/h4-7,10-11,14H,8-9,12-13H2,1-3H3,(H,22,23). The quantitative estimate of drug-likeness (QED) is 0.765. The molecule has 1 aliphatic rings. The van der Waals surface area contributed by atoms with Crippen LogP contribution in [0.25, 0.3) is 0 Å². The molecule has 2 aromatic rings. The molecule has 0 radical (unpaired) electrons. The lowest BCUT2D eigenvalue weighted by Gasteiger charge is -2.13. The van der Waals surface area contributed by atoms with Crippen molar-refractivity contribution < 1.29 is 23.7 Å². The van der Waals surface area contributed by atoms with E-state index in [4.69, 9.17) is 18.9 Å². The molecule has 0 bridgehead atoms. The first-order chi connectivity index (χ1) is 13.1. The highest BCUT2D eigenvalue weighted by Gasteiger charge is 2.15. The van der Waals surface area contributed by atoms with Crippen LogP contribution in [-0.2, 0) is 6.54 Å². The van der Waals surface area contributed by atoms with Crippen molar-refractivity contribution in [3.05, 3.63) is 47.5 Å². The van der Waals surface area contributed by atoms with E-state index in [1.54, 1.807) is 25.3 Å². The topological polar surface area (TPSA) is 66.0 Å². The summed E-state index contributed by atoms with van der Waals surface area (Å²) in [5.41, 5.74) is 1.46. The maximum atomic E-state index is 12.5. The van der Waals surface area contributed by atoms with Crippen LogP contribution in [0.2, 0.25) is 0 Å². The Morgan fingerprint density at radius 2 is 1.93 bits per heavy atom. The van der Waals surface area contributed by atoms with Crippen molar-refractivity contribution in [3.63, 3.8) is 0 Å². The van der Waals surface area contributed by atoms with Gasteiger partial charge in [-0.3, -0.25) is 4.79 Å². The predicted molar refractivity (Wildman–Crippen MR) is 102 cm³/mol. The van der Waals surface area contributed by atoms with Crippen LogP contribution in [0.15, 0.2) is 36.4 Å². The molecular weight excluding hydrogens is 346 g/mol. The molecule has 0 saturated heterocycles. The first kappa shape index (κ1) is 18.9. The van der Waals surface area contributed by atoms with Crippen molar-refractivity contribution >= 4 is 5.91 Å². The molecule has 0 saturated carbocycles. The normalized spacial score (nSPS) is 12.1. The molecule has 3 rings (SSSR count). The molecule has 0 aromatic heterocycles. The third-order valence-electron chi connectivity index (χ3n) is 4.27. The van der Waals surface area contributed by atoms with E-state index in [0.29, 0.717) is 41.9 Å². The molecule has 0 aliphatic carbocycles. The summed E-state index contributed by atoms with van der Waals surface area (Å²) in [7, 11) is 1.57. The fourth-order valence-electron chi connectivity index (χ4n) is 2.67. The van der Waals surface area contributed by atoms with Crippen LogP contribution < -0.4 is 24.3 Å². The van der Waals surface area contributed by atoms with Crippen molar-refractivity contribution in [2.24, 2.45) is 5.92 Å². The van der Waals surface area contributed by atoms with Crippen LogP contribution in [0.4, 0.5) is 0 Å². The average molecular weight is 371 g/mol. The van der Waals surface area contributed by atoms with E-state index in [-0.39, 0.29) is 12.7 Å². The lowest BCUT2D eigenvalue weighted by atomic mass is 10.1. The molecule has 1 heterocycles. The number of ether oxygens (including phenoxy) is 4. The van der Waals surface area contributed by atoms with E-state index in [2.05, 4.69) is 19.2 Å². The molecule has 0 spiro atoms. The number of amides is 1. The summed E-state index contributed by atoms with van der Waals surface area (Å²) < 4.78 is 21.8. The van der Waals surface area contributed by atoms with Gasteiger partial charge in [-0.05, 0) is 48.2 Å². The number of hydrogen-bond acceptors (Lipinski definition) is 5. The number of benzene rings is 2. The summed E-state index contributed by atoms with van der Waals surface area (Å²) in [4.78, 5) is 12.5. The van der Waals surface area contributed by atoms with Crippen molar-refractivity contribution in [3.8, 4) is 23.0 Å². The predicted octanol–water partition coefficient (Wildman–Crippen LogP) is 3.78. The van der Waals surface area contributed by atoms with Gasteiger partial charge in [-0.2, -0.15) is 0 Å². The second-order valence-electron chi connectivity index (χ2n) is 6.77. The van der Waals surface area contributed by atoms with E-state index >= 15 is 0 Å². The maximum absolute atomic E-state index is 12.5. The molecule has 144 valence electrons. The summed E-state index contributed by atoms with van der Waals surface area (Å²) in [5.74, 6) is 3.01. The van der Waals surface area contributed by atoms with Crippen LogP contribution in [-0.4, -0.2) is 26.4 Å². The zero-order chi connectivity index (χ0) is 19.2. The van der Waals surface area contributed by atoms with Crippen LogP contribution >= 0.6 is 0 Å². The van der Waals surface area contributed by atoms with Gasteiger partial charge in [-0.1, -0.05) is 19.9 Å². The van der Waals surface area contributed by atoms with Gasteiger partial charge >= 0.3 is 0 Å². The molecule has 0 unspecified atom stereocenters. The Morgan fingerprint density at radius 1 is 1.11 bits per heavy atom. The lowest BCUT2D eigenvalue weighted by Crippen LogP contribution is -2.22. The highest BCUT2D eigenvalue weighted by atomic mass is 16.7. The molecule has 0 fully saturated rings. The molecule has 6 heteroatoms. The first-order valence-electron chi connectivity index (χ1n) is 9.04. The molecule has 0 atom stereocenters. The lowest BCUT2D eigenvalue weighted by molar-refractivity contribution is 0.0950. The van der Waals surface area contributed by atoms with E-state index in [1.165, 1.54) is 0 Å². The Hall–Kier alpha value is -2.89. The zero-order valence-corrected chi connectivity index (χ0v) is 15.9. The molecular formula is C21H25NO5. The van der Waals surface area contributed by atoms with Crippen molar-refractivity contribution in [2.75, 3.05) is 20.5 Å². The summed E-state index contributed by atoms with van der Waals surface area (Å²) in [5, 5.41) is 2.90. The number of fused-ring (bicyclic) bond motifs is 1. The zero-order valence-electron chi connectivity index (χ0n) is 15.9. The highest BCUT2D eigenvalue weighted by Crippen LogP contribution is 2.32. The van der Waals surface area contributed by atoms with Gasteiger partial charge in [0.15, 0.2) is 23.0 Å². The molecule has 6 nitrogen and oxygen atoms in total. The number of hydrogen-bond donors (Lipinski definition) is 1. The van der Waals surface area contributed by atoms with Crippen LogP contribution in [0.3, 0.4) is 0 Å². The Kier molecular flexibility index (Phi) is 6.06. The number of methoxy groups -OCH3 is 1. The summed E-state index contributed by atoms with van der Waals surface area (Å²) >= 11 is 0. The van der Waals surface area contributed by atoms with Crippen molar-refractivity contribution in [2.45, 2.75) is 26.8 Å². The largest absolute Gasteiger partial charge is 0.493 e. The van der Waals surface area contributed by atoms with Gasteiger partial charge in [0, 0.05) is 12.1 Å². The fourth-order valence-corrected chi connectivity index (χ4v) is 2.67. The van der Waals surface area contributed by atoms with Crippen molar-refractivity contribution in [1.82, 2.24) is 5.32 Å². The van der Waals surface area contributed by atoms with E-state index in [1.807, 2.05) is 18.2 Å². The second-order valence-corrected chi connectivity index (χ2v) is 6.77. The SMILES string of the molecule is COc1cc(C(=O)NCc2ccc3c(c2)OCO3)ccc1OCCC(C)C. The Labute approximate surface area is 159 Å². The van der Waals surface area contributed by atoms with E-state index < -0.39 is 0 Å². The molecule has 1 aliphatic heterocycles. The molecule has 1 N–H and O–H groups in total. The van der Waals surface area contributed by atoms with Crippen LogP contribution in [0.1, 0.15) is 36.2 Å². The summed E-state index contributed by atoms with van der Waals surface area (Å²) in [6.45, 7) is 5.53. The minimum absolute atomic E-state index is 0.181. The Balaban J connectivity index is 1.60. The van der Waals surface area contributed by atoms with Gasteiger partial charge in [0.25, 0.3) is 5.91 Å².